The molecule has 1 rings (SSSR count). The number of para-hydroxylation sites is 1. The van der Waals surface area contributed by atoms with Crippen LogP contribution in [0.2, 0.25) is 5.02 Å². The van der Waals surface area contributed by atoms with Gasteiger partial charge >= 0.3 is 5.69 Å². The molecule has 0 bridgehead atoms. The zero-order chi connectivity index (χ0) is 16.2. The van der Waals surface area contributed by atoms with Crippen LogP contribution in [0.4, 0.5) is 5.69 Å². The van der Waals surface area contributed by atoms with Crippen LogP contribution >= 0.6 is 11.6 Å². The van der Waals surface area contributed by atoms with Crippen molar-refractivity contribution in [2.24, 2.45) is 0 Å². The summed E-state index contributed by atoms with van der Waals surface area (Å²) in [5.41, 5.74) is -0.604. The number of nitrogens with zero attached hydrogens (tertiary/aromatic N) is 2. The lowest BCUT2D eigenvalue weighted by atomic mass is 10.1. The zero-order valence-corrected chi connectivity index (χ0v) is 12.7. The molecule has 21 heavy (non-hydrogen) atoms. The van der Waals surface area contributed by atoms with Crippen LogP contribution in [0.25, 0.3) is 0 Å². The third-order valence-electron chi connectivity index (χ3n) is 2.58. The van der Waals surface area contributed by atoms with Gasteiger partial charge < -0.3 is 10.2 Å². The fourth-order valence-corrected chi connectivity index (χ4v) is 1.98. The summed E-state index contributed by atoms with van der Waals surface area (Å²) in [6.07, 6.45) is 0. The highest BCUT2D eigenvalue weighted by molar-refractivity contribution is 6.33. The van der Waals surface area contributed by atoms with Crippen molar-refractivity contribution in [1.82, 2.24) is 10.2 Å². The lowest BCUT2D eigenvalue weighted by Gasteiger charge is -2.18. The second-order valence-corrected chi connectivity index (χ2v) is 5.18. The van der Waals surface area contributed by atoms with Gasteiger partial charge in [0.25, 0.3) is 5.91 Å². The quantitative estimate of drug-likeness (QED) is 0.663. The highest BCUT2D eigenvalue weighted by Crippen LogP contribution is 2.28. The van der Waals surface area contributed by atoms with Crippen LogP contribution in [0.15, 0.2) is 18.2 Å². The lowest BCUT2D eigenvalue weighted by Crippen LogP contribution is -2.41. The summed E-state index contributed by atoms with van der Waals surface area (Å²) >= 11 is 5.76. The molecule has 0 fully saturated rings. The molecule has 0 radical (unpaired) electrons. The molecule has 0 saturated carbocycles. The number of hydrogen-bond acceptors (Lipinski definition) is 4. The molecule has 114 valence electrons. The van der Waals surface area contributed by atoms with E-state index in [4.69, 9.17) is 11.6 Å². The van der Waals surface area contributed by atoms with Crippen molar-refractivity contribution >= 4 is 29.1 Å². The molecular formula is C13H16ClN3O4. The Morgan fingerprint density at radius 2 is 2.05 bits per heavy atom. The first-order chi connectivity index (χ1) is 9.73. The normalized spacial score (nSPS) is 10.3. The van der Waals surface area contributed by atoms with Gasteiger partial charge in [-0.25, -0.2) is 0 Å². The van der Waals surface area contributed by atoms with Crippen molar-refractivity contribution in [3.63, 3.8) is 0 Å². The summed E-state index contributed by atoms with van der Waals surface area (Å²) in [6, 6.07) is 4.04. The summed E-state index contributed by atoms with van der Waals surface area (Å²) in [7, 11) is 1.40. The Bertz CT molecular complexity index is 575. The highest BCUT2D eigenvalue weighted by atomic mass is 35.5. The van der Waals surface area contributed by atoms with E-state index in [9.17, 15) is 19.7 Å². The second-order valence-electron chi connectivity index (χ2n) is 4.78. The zero-order valence-electron chi connectivity index (χ0n) is 11.9. The van der Waals surface area contributed by atoms with Crippen LogP contribution in [-0.2, 0) is 4.79 Å². The molecule has 0 saturated heterocycles. The van der Waals surface area contributed by atoms with Crippen molar-refractivity contribution in [2.45, 2.75) is 19.9 Å². The molecule has 0 atom stereocenters. The van der Waals surface area contributed by atoms with E-state index in [1.807, 2.05) is 0 Å². The van der Waals surface area contributed by atoms with Crippen LogP contribution in [0, 0.1) is 10.1 Å². The summed E-state index contributed by atoms with van der Waals surface area (Å²) in [4.78, 5) is 35.3. The number of benzene rings is 1. The monoisotopic (exact) mass is 313 g/mol. The molecule has 0 aromatic heterocycles. The maximum atomic E-state index is 12.2. The van der Waals surface area contributed by atoms with Gasteiger partial charge in [-0.05, 0) is 26.0 Å². The maximum Gasteiger partial charge on any atom is 0.300 e. The van der Waals surface area contributed by atoms with Crippen LogP contribution < -0.4 is 5.32 Å². The van der Waals surface area contributed by atoms with E-state index in [0.29, 0.717) is 0 Å². The number of rotatable bonds is 5. The minimum Gasteiger partial charge on any atom is -0.352 e. The Labute approximate surface area is 127 Å². The lowest BCUT2D eigenvalue weighted by molar-refractivity contribution is -0.385. The average Bonchev–Trinajstić information content (AvgIpc) is 2.35. The van der Waals surface area contributed by atoms with E-state index in [-0.39, 0.29) is 29.1 Å². The molecule has 2 amide bonds. The molecular weight excluding hydrogens is 298 g/mol. The number of carbonyl (C=O) groups is 2. The molecule has 0 aliphatic heterocycles. The van der Waals surface area contributed by atoms with Gasteiger partial charge in [0.15, 0.2) is 0 Å². The summed E-state index contributed by atoms with van der Waals surface area (Å²) in [5, 5.41) is 13.5. The largest absolute Gasteiger partial charge is 0.352 e. The number of amides is 2. The number of nitro benzene ring substituents is 1. The van der Waals surface area contributed by atoms with E-state index >= 15 is 0 Å². The fraction of sp³-hybridized carbons (Fsp3) is 0.385. The van der Waals surface area contributed by atoms with Gasteiger partial charge in [-0.2, -0.15) is 0 Å². The van der Waals surface area contributed by atoms with Gasteiger partial charge in [0, 0.05) is 13.1 Å². The van der Waals surface area contributed by atoms with Crippen LogP contribution in [0.1, 0.15) is 24.2 Å². The van der Waals surface area contributed by atoms with Gasteiger partial charge in [-0.3, -0.25) is 19.7 Å². The van der Waals surface area contributed by atoms with Crippen LogP contribution in [-0.4, -0.2) is 41.3 Å². The molecule has 0 heterocycles. The van der Waals surface area contributed by atoms with Gasteiger partial charge in [-0.15, -0.1) is 0 Å². The van der Waals surface area contributed by atoms with Crippen molar-refractivity contribution in [3.8, 4) is 0 Å². The Hall–Kier alpha value is -2.15. The Balaban J connectivity index is 2.96. The first-order valence-electron chi connectivity index (χ1n) is 6.21. The highest BCUT2D eigenvalue weighted by Gasteiger charge is 2.26. The molecule has 0 spiro atoms. The molecule has 8 heteroatoms. The predicted molar refractivity (Wildman–Crippen MR) is 78.3 cm³/mol. The minimum atomic E-state index is -0.711. The van der Waals surface area contributed by atoms with Crippen molar-refractivity contribution in [3.05, 3.63) is 38.9 Å². The van der Waals surface area contributed by atoms with Gasteiger partial charge in [0.05, 0.1) is 11.5 Å². The van der Waals surface area contributed by atoms with E-state index in [1.165, 1.54) is 25.2 Å². The van der Waals surface area contributed by atoms with E-state index in [2.05, 4.69) is 5.32 Å². The van der Waals surface area contributed by atoms with E-state index in [0.717, 1.165) is 4.90 Å². The van der Waals surface area contributed by atoms with Gasteiger partial charge in [0.1, 0.15) is 10.6 Å². The summed E-state index contributed by atoms with van der Waals surface area (Å²) in [6.45, 7) is 3.39. The first-order valence-corrected chi connectivity index (χ1v) is 6.59. The summed E-state index contributed by atoms with van der Waals surface area (Å²) < 4.78 is 0. The van der Waals surface area contributed by atoms with Crippen LogP contribution in [0.5, 0.6) is 0 Å². The Kier molecular flexibility index (Phi) is 5.66. The number of halogens is 1. The minimum absolute atomic E-state index is 0.0542. The SMILES string of the molecule is CC(C)NC(=O)CN(C)C(=O)c1cccc(Cl)c1[N+](=O)[O-]. The average molecular weight is 314 g/mol. The van der Waals surface area contributed by atoms with Crippen molar-refractivity contribution in [1.29, 1.82) is 0 Å². The third kappa shape index (κ3) is 4.42. The molecule has 1 aromatic carbocycles. The number of likely N-dealkylation sites (N-methyl/N-ethyl adjacent to an activating group) is 1. The van der Waals surface area contributed by atoms with Crippen molar-refractivity contribution < 1.29 is 14.5 Å². The third-order valence-corrected chi connectivity index (χ3v) is 2.88. The van der Waals surface area contributed by atoms with Gasteiger partial charge in [-0.1, -0.05) is 17.7 Å². The Morgan fingerprint density at radius 1 is 1.43 bits per heavy atom. The number of carbonyl (C=O) groups excluding carboxylic acids is 2. The summed E-state index contributed by atoms with van der Waals surface area (Å²) in [5.74, 6) is -0.978. The van der Waals surface area contributed by atoms with E-state index < -0.39 is 16.5 Å². The van der Waals surface area contributed by atoms with Gasteiger partial charge in [0.2, 0.25) is 5.91 Å². The number of hydrogen-bond donors (Lipinski definition) is 1. The molecule has 1 N–H and O–H groups in total. The van der Waals surface area contributed by atoms with Crippen LogP contribution in [0.3, 0.4) is 0 Å². The standard InChI is InChI=1S/C13H16ClN3O4/c1-8(2)15-11(18)7-16(3)13(19)9-5-4-6-10(14)12(9)17(20)21/h4-6,8H,7H2,1-3H3,(H,15,18). The number of nitrogens with one attached hydrogen (secondary N) is 1. The molecule has 0 aliphatic carbocycles. The second kappa shape index (κ2) is 7.03. The first kappa shape index (κ1) is 16.9. The molecule has 0 unspecified atom stereocenters. The fourth-order valence-electron chi connectivity index (χ4n) is 1.73. The molecule has 7 nitrogen and oxygen atoms in total. The van der Waals surface area contributed by atoms with E-state index in [1.54, 1.807) is 13.8 Å². The maximum absolute atomic E-state index is 12.2. The molecule has 0 aliphatic rings. The number of nitro groups is 1. The van der Waals surface area contributed by atoms with Crippen molar-refractivity contribution in [2.75, 3.05) is 13.6 Å². The molecule has 1 aromatic rings. The Morgan fingerprint density at radius 3 is 2.57 bits per heavy atom. The smallest absolute Gasteiger partial charge is 0.300 e. The topological polar surface area (TPSA) is 92.6 Å². The predicted octanol–water partition coefficient (Wildman–Crippen LogP) is 1.84.